The van der Waals surface area contributed by atoms with Crippen LogP contribution in [0.4, 0.5) is 5.82 Å². The second-order valence-electron chi connectivity index (χ2n) is 5.28. The van der Waals surface area contributed by atoms with Crippen LogP contribution in [0, 0.1) is 6.92 Å². The van der Waals surface area contributed by atoms with Crippen molar-refractivity contribution in [3.8, 4) is 10.8 Å². The Balaban J connectivity index is 1.44. The zero-order valence-corrected chi connectivity index (χ0v) is 13.9. The molecule has 4 heterocycles. The average molecular weight is 337 g/mol. The molecule has 0 saturated heterocycles. The Hall–Kier alpha value is -2.87. The van der Waals surface area contributed by atoms with Gasteiger partial charge in [-0.2, -0.15) is 9.61 Å². The zero-order valence-electron chi connectivity index (χ0n) is 13.0. The summed E-state index contributed by atoms with van der Waals surface area (Å²) in [6.07, 6.45) is 6.02. The van der Waals surface area contributed by atoms with Gasteiger partial charge < -0.3 is 5.32 Å². The molecule has 0 aliphatic rings. The van der Waals surface area contributed by atoms with Gasteiger partial charge in [-0.1, -0.05) is 0 Å². The molecule has 0 radical (unpaired) electrons. The minimum absolute atomic E-state index is 0.671. The molecule has 120 valence electrons. The molecule has 1 N–H and O–H groups in total. The molecule has 8 heteroatoms. The van der Waals surface area contributed by atoms with Crippen molar-refractivity contribution in [2.45, 2.75) is 13.3 Å². The smallest absolute Gasteiger partial charge is 0.188 e. The lowest BCUT2D eigenvalue weighted by Crippen LogP contribution is -2.10. The quantitative estimate of drug-likeness (QED) is 0.603. The molecule has 0 unspecified atom stereocenters. The number of aromatic nitrogens is 6. The molecule has 0 atom stereocenters. The fourth-order valence-electron chi connectivity index (χ4n) is 2.42. The van der Waals surface area contributed by atoms with Crippen molar-refractivity contribution in [1.29, 1.82) is 0 Å². The van der Waals surface area contributed by atoms with Gasteiger partial charge >= 0.3 is 0 Å². The van der Waals surface area contributed by atoms with Crippen molar-refractivity contribution in [3.63, 3.8) is 0 Å². The predicted molar refractivity (Wildman–Crippen MR) is 93.1 cm³/mol. The SMILES string of the molecule is Cc1cc(NCCc2csc(-c3ncccn3)n2)n2nccc2n1. The van der Waals surface area contributed by atoms with Crippen LogP contribution >= 0.6 is 11.3 Å². The van der Waals surface area contributed by atoms with Crippen molar-refractivity contribution in [1.82, 2.24) is 29.5 Å². The summed E-state index contributed by atoms with van der Waals surface area (Å²) in [7, 11) is 0. The first-order valence-electron chi connectivity index (χ1n) is 7.57. The highest BCUT2D eigenvalue weighted by Crippen LogP contribution is 2.20. The summed E-state index contributed by atoms with van der Waals surface area (Å²) in [6, 6.07) is 5.68. The molecule has 24 heavy (non-hydrogen) atoms. The van der Waals surface area contributed by atoms with Gasteiger partial charge in [0.2, 0.25) is 0 Å². The third kappa shape index (κ3) is 2.95. The third-order valence-corrected chi connectivity index (χ3v) is 4.37. The molecule has 4 rings (SSSR count). The van der Waals surface area contributed by atoms with E-state index in [-0.39, 0.29) is 0 Å². The van der Waals surface area contributed by atoms with Gasteiger partial charge in [-0.25, -0.2) is 19.9 Å². The van der Waals surface area contributed by atoms with Gasteiger partial charge in [-0.3, -0.25) is 0 Å². The summed E-state index contributed by atoms with van der Waals surface area (Å²) in [5.74, 6) is 1.61. The summed E-state index contributed by atoms with van der Waals surface area (Å²) in [5.41, 5.74) is 2.83. The van der Waals surface area contributed by atoms with E-state index < -0.39 is 0 Å². The Bertz CT molecular complexity index is 961. The highest BCUT2D eigenvalue weighted by atomic mass is 32.1. The number of fused-ring (bicyclic) bond motifs is 1. The van der Waals surface area contributed by atoms with E-state index in [1.54, 1.807) is 40.5 Å². The molecule has 0 saturated carbocycles. The average Bonchev–Trinajstić information content (AvgIpc) is 3.25. The fourth-order valence-corrected chi connectivity index (χ4v) is 3.22. The lowest BCUT2D eigenvalue weighted by atomic mass is 10.3. The number of hydrogen-bond acceptors (Lipinski definition) is 7. The first-order chi connectivity index (χ1) is 11.8. The standard InChI is InChI=1S/C16H15N7S/c1-11-9-14(23-13(21-11)4-8-20-23)17-7-3-12-10-24-16(22-12)15-18-5-2-6-19-15/h2,4-6,8-10,17H,3,7H2,1H3. The lowest BCUT2D eigenvalue weighted by molar-refractivity contribution is 0.899. The highest BCUT2D eigenvalue weighted by molar-refractivity contribution is 7.13. The van der Waals surface area contributed by atoms with E-state index in [4.69, 9.17) is 0 Å². The van der Waals surface area contributed by atoms with Gasteiger partial charge in [0.1, 0.15) is 5.82 Å². The third-order valence-electron chi connectivity index (χ3n) is 3.48. The molecule has 0 aromatic carbocycles. The van der Waals surface area contributed by atoms with Crippen LogP contribution in [-0.4, -0.2) is 36.1 Å². The second-order valence-corrected chi connectivity index (χ2v) is 6.14. The molecule has 7 nitrogen and oxygen atoms in total. The van der Waals surface area contributed by atoms with Crippen LogP contribution in [0.3, 0.4) is 0 Å². The van der Waals surface area contributed by atoms with E-state index >= 15 is 0 Å². The van der Waals surface area contributed by atoms with Crippen molar-refractivity contribution in [2.24, 2.45) is 0 Å². The molecule has 0 bridgehead atoms. The van der Waals surface area contributed by atoms with Crippen LogP contribution < -0.4 is 5.32 Å². The van der Waals surface area contributed by atoms with Crippen LogP contribution in [0.5, 0.6) is 0 Å². The van der Waals surface area contributed by atoms with E-state index in [2.05, 4.69) is 35.7 Å². The summed E-state index contributed by atoms with van der Waals surface area (Å²) in [6.45, 7) is 2.74. The van der Waals surface area contributed by atoms with Crippen LogP contribution in [0.1, 0.15) is 11.4 Å². The van der Waals surface area contributed by atoms with Crippen molar-refractivity contribution in [2.75, 3.05) is 11.9 Å². The normalized spacial score (nSPS) is 11.0. The number of hydrogen-bond donors (Lipinski definition) is 1. The van der Waals surface area contributed by atoms with Gasteiger partial charge in [0.15, 0.2) is 16.5 Å². The molecule has 0 amide bonds. The van der Waals surface area contributed by atoms with Gasteiger partial charge in [0, 0.05) is 48.6 Å². The van der Waals surface area contributed by atoms with Crippen molar-refractivity contribution in [3.05, 3.63) is 53.6 Å². The number of aryl methyl sites for hydroxylation is 1. The van der Waals surface area contributed by atoms with Crippen LogP contribution in [0.2, 0.25) is 0 Å². The van der Waals surface area contributed by atoms with Gasteiger partial charge in [-0.05, 0) is 13.0 Å². The Morgan fingerprint density at radius 2 is 2.04 bits per heavy atom. The number of nitrogens with one attached hydrogen (secondary N) is 1. The number of anilines is 1. The Morgan fingerprint density at radius 1 is 1.17 bits per heavy atom. The molecule has 0 fully saturated rings. The topological polar surface area (TPSA) is 80.9 Å². The van der Waals surface area contributed by atoms with E-state index in [1.807, 2.05) is 19.1 Å². The monoisotopic (exact) mass is 337 g/mol. The van der Waals surface area contributed by atoms with Crippen LogP contribution in [0.15, 0.2) is 42.2 Å². The molecular formula is C16H15N7S. The largest absolute Gasteiger partial charge is 0.370 e. The number of thiazole rings is 1. The first kappa shape index (κ1) is 14.7. The summed E-state index contributed by atoms with van der Waals surface area (Å²) >= 11 is 1.56. The molecular weight excluding hydrogens is 322 g/mol. The summed E-state index contributed by atoms with van der Waals surface area (Å²) in [4.78, 5) is 17.5. The van der Waals surface area contributed by atoms with Crippen molar-refractivity contribution >= 4 is 22.8 Å². The van der Waals surface area contributed by atoms with Gasteiger partial charge in [0.05, 0.1) is 11.9 Å². The second kappa shape index (κ2) is 6.32. The molecule has 0 aliphatic carbocycles. The number of rotatable bonds is 5. The highest BCUT2D eigenvalue weighted by Gasteiger charge is 2.08. The Labute approximate surface area is 142 Å². The minimum atomic E-state index is 0.671. The van der Waals surface area contributed by atoms with Crippen LogP contribution in [-0.2, 0) is 6.42 Å². The maximum Gasteiger partial charge on any atom is 0.188 e. The minimum Gasteiger partial charge on any atom is -0.370 e. The maximum absolute atomic E-state index is 4.60. The Kier molecular flexibility index (Phi) is 3.87. The van der Waals surface area contributed by atoms with Crippen molar-refractivity contribution < 1.29 is 0 Å². The zero-order chi connectivity index (χ0) is 16.4. The van der Waals surface area contributed by atoms with Gasteiger partial charge in [-0.15, -0.1) is 11.3 Å². The molecule has 0 spiro atoms. The van der Waals surface area contributed by atoms with E-state index in [1.165, 1.54) is 0 Å². The van der Waals surface area contributed by atoms with E-state index in [9.17, 15) is 0 Å². The summed E-state index contributed by atoms with van der Waals surface area (Å²) in [5, 5.41) is 10.6. The van der Waals surface area contributed by atoms with Crippen LogP contribution in [0.25, 0.3) is 16.5 Å². The van der Waals surface area contributed by atoms with E-state index in [0.717, 1.165) is 40.8 Å². The lowest BCUT2D eigenvalue weighted by Gasteiger charge is -2.08. The van der Waals surface area contributed by atoms with E-state index in [0.29, 0.717) is 5.82 Å². The Morgan fingerprint density at radius 3 is 2.92 bits per heavy atom. The first-order valence-corrected chi connectivity index (χ1v) is 8.44. The maximum atomic E-state index is 4.60. The summed E-state index contributed by atoms with van der Waals surface area (Å²) < 4.78 is 1.80. The predicted octanol–water partition coefficient (Wildman–Crippen LogP) is 2.61. The number of nitrogens with zero attached hydrogens (tertiary/aromatic N) is 6. The van der Waals surface area contributed by atoms with Gasteiger partial charge in [0.25, 0.3) is 0 Å². The molecule has 4 aromatic rings. The molecule has 4 aromatic heterocycles. The fraction of sp³-hybridized carbons (Fsp3) is 0.188. The molecule has 0 aliphatic heterocycles.